The van der Waals surface area contributed by atoms with E-state index in [1.165, 1.54) is 11.3 Å². The fourth-order valence-electron chi connectivity index (χ4n) is 1.56. The highest BCUT2D eigenvalue weighted by molar-refractivity contribution is 7.13. The van der Waals surface area contributed by atoms with Crippen molar-refractivity contribution >= 4 is 28.3 Å². The number of thiazole rings is 1. The zero-order valence-corrected chi connectivity index (χ0v) is 11.3. The van der Waals surface area contributed by atoms with Crippen LogP contribution in [0.5, 0.6) is 0 Å². The van der Waals surface area contributed by atoms with Crippen LogP contribution in [-0.2, 0) is 4.79 Å². The van der Waals surface area contributed by atoms with E-state index in [0.717, 1.165) is 0 Å². The number of carbonyl (C=O) groups excluding carboxylic acids is 2. The van der Waals surface area contributed by atoms with Gasteiger partial charge in [0.15, 0.2) is 5.13 Å². The molecule has 7 heteroatoms. The van der Waals surface area contributed by atoms with Gasteiger partial charge in [0, 0.05) is 11.6 Å². The summed E-state index contributed by atoms with van der Waals surface area (Å²) in [5.74, 6) is 0.551. The average molecular weight is 279 g/mol. The van der Waals surface area contributed by atoms with Gasteiger partial charge in [-0.15, -0.1) is 11.3 Å². The first-order valence-corrected chi connectivity index (χ1v) is 6.49. The third-order valence-electron chi connectivity index (χ3n) is 2.37. The highest BCUT2D eigenvalue weighted by Crippen LogP contribution is 2.13. The molecule has 0 unspecified atom stereocenters. The number of nitrogens with one attached hydrogen (secondary N) is 2. The predicted octanol–water partition coefficient (Wildman–Crippen LogP) is 1.72. The summed E-state index contributed by atoms with van der Waals surface area (Å²) >= 11 is 1.32. The molecule has 2 rings (SSSR count). The van der Waals surface area contributed by atoms with Crippen molar-refractivity contribution in [1.29, 1.82) is 0 Å². The second-order valence-electron chi connectivity index (χ2n) is 3.90. The lowest BCUT2D eigenvalue weighted by molar-refractivity contribution is -0.115. The summed E-state index contributed by atoms with van der Waals surface area (Å²) in [7, 11) is 0. The van der Waals surface area contributed by atoms with E-state index in [0.29, 0.717) is 22.2 Å². The summed E-state index contributed by atoms with van der Waals surface area (Å²) in [6, 6.07) is 1.64. The van der Waals surface area contributed by atoms with E-state index in [9.17, 15) is 9.59 Å². The molecule has 19 heavy (non-hydrogen) atoms. The van der Waals surface area contributed by atoms with Crippen molar-refractivity contribution in [2.75, 3.05) is 11.9 Å². The monoisotopic (exact) mass is 279 g/mol. The van der Waals surface area contributed by atoms with Crippen LogP contribution in [0.25, 0.3) is 0 Å². The molecule has 0 bridgehead atoms. The first-order valence-electron chi connectivity index (χ1n) is 5.61. The number of carbonyl (C=O) groups is 2. The first kappa shape index (κ1) is 13.3. The largest absolute Gasteiger partial charge is 0.466 e. The molecule has 2 aromatic heterocycles. The van der Waals surface area contributed by atoms with Gasteiger partial charge in [0.1, 0.15) is 11.5 Å². The van der Waals surface area contributed by atoms with Crippen molar-refractivity contribution < 1.29 is 14.0 Å². The molecule has 2 heterocycles. The summed E-state index contributed by atoms with van der Waals surface area (Å²) in [4.78, 5) is 27.3. The molecule has 100 valence electrons. The molecular formula is C12H13N3O3S. The van der Waals surface area contributed by atoms with E-state index in [4.69, 9.17) is 4.42 Å². The number of rotatable bonds is 4. The standard InChI is InChI=1S/C12H13N3O3S/c1-7-5-9(8(2)18-7)11(17)14-6-10(16)15-12-13-3-4-19-12/h3-5H,6H2,1-2H3,(H,14,17)(H,13,15,16). The highest BCUT2D eigenvalue weighted by atomic mass is 32.1. The Hall–Kier alpha value is -2.15. The lowest BCUT2D eigenvalue weighted by Crippen LogP contribution is -2.32. The molecule has 0 saturated carbocycles. The molecular weight excluding hydrogens is 266 g/mol. The number of aromatic nitrogens is 1. The number of aryl methyl sites for hydroxylation is 2. The Morgan fingerprint density at radius 3 is 2.79 bits per heavy atom. The topological polar surface area (TPSA) is 84.2 Å². The second-order valence-corrected chi connectivity index (χ2v) is 4.79. The van der Waals surface area contributed by atoms with Crippen molar-refractivity contribution in [3.05, 3.63) is 34.7 Å². The highest BCUT2D eigenvalue weighted by Gasteiger charge is 2.14. The van der Waals surface area contributed by atoms with Crippen LogP contribution in [-0.4, -0.2) is 23.3 Å². The molecule has 0 aromatic carbocycles. The number of hydrogen-bond acceptors (Lipinski definition) is 5. The van der Waals surface area contributed by atoms with Crippen LogP contribution < -0.4 is 10.6 Å². The van der Waals surface area contributed by atoms with Gasteiger partial charge in [0.05, 0.1) is 12.1 Å². The van der Waals surface area contributed by atoms with Crippen molar-refractivity contribution in [3.8, 4) is 0 Å². The molecule has 6 nitrogen and oxygen atoms in total. The number of anilines is 1. The van der Waals surface area contributed by atoms with E-state index in [1.807, 2.05) is 0 Å². The molecule has 0 fully saturated rings. The Labute approximate surface area is 113 Å². The minimum absolute atomic E-state index is 0.109. The van der Waals surface area contributed by atoms with Crippen LogP contribution in [0.1, 0.15) is 21.9 Å². The second kappa shape index (κ2) is 5.66. The quantitative estimate of drug-likeness (QED) is 0.892. The maximum absolute atomic E-state index is 11.8. The SMILES string of the molecule is Cc1cc(C(=O)NCC(=O)Nc2nccs2)c(C)o1. The number of amides is 2. The fourth-order valence-corrected chi connectivity index (χ4v) is 2.11. The van der Waals surface area contributed by atoms with Crippen molar-refractivity contribution in [2.24, 2.45) is 0 Å². The first-order chi connectivity index (χ1) is 9.06. The number of nitrogens with zero attached hydrogens (tertiary/aromatic N) is 1. The van der Waals surface area contributed by atoms with Crippen LogP contribution in [0.4, 0.5) is 5.13 Å². The van der Waals surface area contributed by atoms with Crippen LogP contribution in [0, 0.1) is 13.8 Å². The van der Waals surface area contributed by atoms with Crippen LogP contribution >= 0.6 is 11.3 Å². The molecule has 0 aliphatic rings. The Balaban J connectivity index is 1.87. The van der Waals surface area contributed by atoms with Crippen molar-refractivity contribution in [3.63, 3.8) is 0 Å². The summed E-state index contributed by atoms with van der Waals surface area (Å²) in [6.45, 7) is 3.36. The normalized spacial score (nSPS) is 10.2. The van der Waals surface area contributed by atoms with Gasteiger partial charge in [-0.2, -0.15) is 0 Å². The third-order valence-corrected chi connectivity index (χ3v) is 3.06. The van der Waals surface area contributed by atoms with Gasteiger partial charge in [0.2, 0.25) is 5.91 Å². The average Bonchev–Trinajstić information content (AvgIpc) is 2.96. The molecule has 0 saturated heterocycles. The van der Waals surface area contributed by atoms with Crippen molar-refractivity contribution in [1.82, 2.24) is 10.3 Å². The van der Waals surface area contributed by atoms with Gasteiger partial charge < -0.3 is 15.1 Å². The van der Waals surface area contributed by atoms with Crippen LogP contribution in [0.3, 0.4) is 0 Å². The van der Waals surface area contributed by atoms with E-state index < -0.39 is 0 Å². The van der Waals surface area contributed by atoms with Gasteiger partial charge in [-0.3, -0.25) is 9.59 Å². The number of furan rings is 1. The summed E-state index contributed by atoms with van der Waals surface area (Å²) in [5.41, 5.74) is 0.444. The maximum atomic E-state index is 11.8. The Morgan fingerprint density at radius 2 is 2.21 bits per heavy atom. The van der Waals surface area contributed by atoms with E-state index in [1.54, 1.807) is 31.5 Å². The van der Waals surface area contributed by atoms with Gasteiger partial charge >= 0.3 is 0 Å². The lowest BCUT2D eigenvalue weighted by Gasteiger charge is -2.04. The fraction of sp³-hybridized carbons (Fsp3) is 0.250. The zero-order valence-electron chi connectivity index (χ0n) is 10.5. The van der Waals surface area contributed by atoms with Crippen LogP contribution in [0.15, 0.2) is 22.1 Å². The van der Waals surface area contributed by atoms with E-state index in [2.05, 4.69) is 15.6 Å². The van der Waals surface area contributed by atoms with E-state index in [-0.39, 0.29) is 18.4 Å². The molecule has 0 spiro atoms. The Bertz CT molecular complexity index is 589. The molecule has 2 N–H and O–H groups in total. The zero-order chi connectivity index (χ0) is 13.8. The molecule has 0 aliphatic heterocycles. The summed E-state index contributed by atoms with van der Waals surface area (Å²) in [6.07, 6.45) is 1.59. The van der Waals surface area contributed by atoms with Gasteiger partial charge in [-0.1, -0.05) is 0 Å². The smallest absolute Gasteiger partial charge is 0.255 e. The minimum atomic E-state index is -0.330. The molecule has 2 aromatic rings. The molecule has 0 aliphatic carbocycles. The van der Waals surface area contributed by atoms with Crippen LogP contribution in [0.2, 0.25) is 0 Å². The Kier molecular flexibility index (Phi) is 3.96. The van der Waals surface area contributed by atoms with Crippen molar-refractivity contribution in [2.45, 2.75) is 13.8 Å². The summed E-state index contributed by atoms with van der Waals surface area (Å²) < 4.78 is 5.26. The van der Waals surface area contributed by atoms with E-state index >= 15 is 0 Å². The van der Waals surface area contributed by atoms with Gasteiger partial charge in [-0.25, -0.2) is 4.98 Å². The molecule has 0 radical (unpaired) electrons. The summed E-state index contributed by atoms with van der Waals surface area (Å²) in [5, 5.41) is 7.37. The maximum Gasteiger partial charge on any atom is 0.255 e. The number of hydrogen-bond donors (Lipinski definition) is 2. The minimum Gasteiger partial charge on any atom is -0.466 e. The molecule has 0 atom stereocenters. The lowest BCUT2D eigenvalue weighted by atomic mass is 10.2. The third kappa shape index (κ3) is 3.41. The predicted molar refractivity (Wildman–Crippen MR) is 71.3 cm³/mol. The van der Waals surface area contributed by atoms with Gasteiger partial charge in [-0.05, 0) is 19.9 Å². The van der Waals surface area contributed by atoms with Gasteiger partial charge in [0.25, 0.3) is 5.91 Å². The molecule has 2 amide bonds. The Morgan fingerprint density at radius 1 is 1.42 bits per heavy atom.